The normalized spacial score (nSPS) is 12.1. The quantitative estimate of drug-likeness (QED) is 0.339. The first-order chi connectivity index (χ1) is 16.1. The summed E-state index contributed by atoms with van der Waals surface area (Å²) in [6.45, 7) is 4.71. The highest BCUT2D eigenvalue weighted by Gasteiger charge is 2.17. The summed E-state index contributed by atoms with van der Waals surface area (Å²) in [7, 11) is 0. The zero-order valence-electron chi connectivity index (χ0n) is 18.6. The number of fused-ring (bicyclic) bond motifs is 1. The number of benzene rings is 2. The molecule has 164 valence electrons. The molecular weight excluding hydrogens is 410 g/mol. The highest BCUT2D eigenvalue weighted by Crippen LogP contribution is 2.33. The van der Waals surface area contributed by atoms with Gasteiger partial charge in [-0.25, -0.2) is 15.0 Å². The number of nitrogens with one attached hydrogen (secondary N) is 2. The molecule has 1 atom stereocenters. The van der Waals surface area contributed by atoms with Gasteiger partial charge >= 0.3 is 0 Å². The van der Waals surface area contributed by atoms with Gasteiger partial charge in [0.2, 0.25) is 0 Å². The Kier molecular flexibility index (Phi) is 5.44. The van der Waals surface area contributed by atoms with Gasteiger partial charge in [-0.3, -0.25) is 4.98 Å². The van der Waals surface area contributed by atoms with Crippen LogP contribution in [0.5, 0.6) is 0 Å². The Morgan fingerprint density at radius 2 is 1.76 bits per heavy atom. The van der Waals surface area contributed by atoms with E-state index in [-0.39, 0.29) is 5.92 Å². The minimum Gasteiger partial charge on any atom is -0.381 e. The van der Waals surface area contributed by atoms with E-state index in [0.29, 0.717) is 18.2 Å². The summed E-state index contributed by atoms with van der Waals surface area (Å²) < 4.78 is 0. The molecule has 0 saturated carbocycles. The maximum atomic E-state index is 6.36. The smallest absolute Gasteiger partial charge is 0.169 e. The average molecular weight is 436 g/mol. The van der Waals surface area contributed by atoms with Crippen molar-refractivity contribution in [1.29, 1.82) is 0 Å². The Balaban J connectivity index is 1.55. The molecule has 2 aromatic carbocycles. The number of hydrogen-bond acceptors (Lipinski definition) is 6. The minimum absolute atomic E-state index is 0.205. The highest BCUT2D eigenvalue weighted by molar-refractivity contribution is 5.88. The number of anilines is 2. The first-order valence-electron chi connectivity index (χ1n) is 10.9. The molecule has 0 saturated heterocycles. The maximum absolute atomic E-state index is 6.36. The second-order valence-electron chi connectivity index (χ2n) is 8.14. The number of nitrogen functional groups attached to an aromatic ring is 1. The zero-order valence-corrected chi connectivity index (χ0v) is 18.6. The molecule has 7 heteroatoms. The van der Waals surface area contributed by atoms with Gasteiger partial charge in [0.05, 0.1) is 16.9 Å². The predicted octanol–water partition coefficient (Wildman–Crippen LogP) is 5.19. The number of rotatable bonds is 6. The Labute approximate surface area is 192 Å². The van der Waals surface area contributed by atoms with E-state index >= 15 is 0 Å². The summed E-state index contributed by atoms with van der Waals surface area (Å²) in [5.74, 6) is 2.04. The number of H-pyrrole nitrogens is 1. The Morgan fingerprint density at radius 3 is 2.55 bits per heavy atom. The van der Waals surface area contributed by atoms with Crippen molar-refractivity contribution >= 4 is 22.5 Å². The summed E-state index contributed by atoms with van der Waals surface area (Å²) in [5.41, 5.74) is 11.8. The van der Waals surface area contributed by atoms with Crippen molar-refractivity contribution in [3.63, 3.8) is 0 Å². The van der Waals surface area contributed by atoms with Crippen molar-refractivity contribution in [2.45, 2.75) is 19.8 Å². The topological polar surface area (TPSA) is 105 Å². The van der Waals surface area contributed by atoms with Crippen LogP contribution in [0.25, 0.3) is 33.4 Å². The number of nitrogens with two attached hydrogens (primary N) is 1. The van der Waals surface area contributed by atoms with Crippen molar-refractivity contribution in [1.82, 2.24) is 24.9 Å². The van der Waals surface area contributed by atoms with Crippen LogP contribution >= 0.6 is 0 Å². The van der Waals surface area contributed by atoms with Crippen LogP contribution in [0.1, 0.15) is 24.4 Å². The second kappa shape index (κ2) is 8.70. The van der Waals surface area contributed by atoms with E-state index in [1.807, 2.05) is 67.7 Å². The summed E-state index contributed by atoms with van der Waals surface area (Å²) >= 11 is 0. The van der Waals surface area contributed by atoms with Crippen molar-refractivity contribution < 1.29 is 0 Å². The first-order valence-corrected chi connectivity index (χ1v) is 10.9. The fraction of sp³-hybridized carbons (Fsp3) is 0.154. The van der Waals surface area contributed by atoms with Crippen LogP contribution in [-0.2, 0) is 0 Å². The first kappa shape index (κ1) is 20.6. The van der Waals surface area contributed by atoms with Crippen LogP contribution < -0.4 is 11.1 Å². The Bertz CT molecular complexity index is 1410. The Hall–Kier alpha value is -4.26. The van der Waals surface area contributed by atoms with Gasteiger partial charge in [-0.05, 0) is 25.1 Å². The molecule has 1 unspecified atom stereocenters. The molecule has 0 aliphatic rings. The number of aromatic amines is 1. The van der Waals surface area contributed by atoms with E-state index in [1.165, 1.54) is 0 Å². The average Bonchev–Trinajstić information content (AvgIpc) is 3.29. The largest absolute Gasteiger partial charge is 0.381 e. The molecular formula is C26H25N7. The molecule has 5 rings (SSSR count). The van der Waals surface area contributed by atoms with E-state index in [1.54, 1.807) is 6.20 Å². The molecule has 4 N–H and O–H groups in total. The Morgan fingerprint density at radius 1 is 0.939 bits per heavy atom. The molecule has 0 fully saturated rings. The number of imidazole rings is 1. The zero-order chi connectivity index (χ0) is 22.8. The van der Waals surface area contributed by atoms with Crippen molar-refractivity contribution in [2.24, 2.45) is 0 Å². The lowest BCUT2D eigenvalue weighted by Crippen LogP contribution is -2.14. The van der Waals surface area contributed by atoms with Crippen molar-refractivity contribution in [3.05, 3.63) is 84.6 Å². The maximum Gasteiger partial charge on any atom is 0.169 e. The summed E-state index contributed by atoms with van der Waals surface area (Å²) in [6.07, 6.45) is 3.66. The van der Waals surface area contributed by atoms with Crippen LogP contribution in [0.2, 0.25) is 0 Å². The van der Waals surface area contributed by atoms with E-state index in [0.717, 1.165) is 44.9 Å². The van der Waals surface area contributed by atoms with E-state index < -0.39 is 0 Å². The van der Waals surface area contributed by atoms with Gasteiger partial charge in [0.1, 0.15) is 5.82 Å². The van der Waals surface area contributed by atoms with Crippen LogP contribution in [0.15, 0.2) is 73.1 Å². The molecule has 7 nitrogen and oxygen atoms in total. The molecule has 0 bridgehead atoms. The van der Waals surface area contributed by atoms with Gasteiger partial charge in [-0.15, -0.1) is 0 Å². The number of aromatic nitrogens is 5. The summed E-state index contributed by atoms with van der Waals surface area (Å²) in [5, 5.41) is 4.43. The molecule has 3 aromatic heterocycles. The molecule has 0 aliphatic heterocycles. The van der Waals surface area contributed by atoms with Gasteiger partial charge in [-0.2, -0.15) is 0 Å². The van der Waals surface area contributed by atoms with Gasteiger partial charge < -0.3 is 16.0 Å². The molecule has 0 radical (unpaired) electrons. The number of aryl methyl sites for hydroxylation is 1. The molecule has 33 heavy (non-hydrogen) atoms. The highest BCUT2D eigenvalue weighted by atomic mass is 15.1. The fourth-order valence-corrected chi connectivity index (χ4v) is 3.85. The van der Waals surface area contributed by atoms with E-state index in [9.17, 15) is 0 Å². The monoisotopic (exact) mass is 435 g/mol. The number of pyridine rings is 1. The van der Waals surface area contributed by atoms with Crippen LogP contribution in [0, 0.1) is 6.92 Å². The number of hydrogen-bond donors (Lipinski definition) is 3. The lowest BCUT2D eigenvalue weighted by molar-refractivity contribution is 0.773. The molecule has 3 heterocycles. The third-order valence-corrected chi connectivity index (χ3v) is 5.68. The SMILES string of the molecule is Cc1ncc(C(C)CNc2nc(-c3ccc4ncccc4c3)c(-c3ccccc3)nc2N)[nH]1. The minimum atomic E-state index is 0.205. The third kappa shape index (κ3) is 4.25. The van der Waals surface area contributed by atoms with Crippen LogP contribution in [0.4, 0.5) is 11.6 Å². The molecule has 0 aliphatic carbocycles. The second-order valence-corrected chi connectivity index (χ2v) is 8.14. The fourth-order valence-electron chi connectivity index (χ4n) is 3.85. The van der Waals surface area contributed by atoms with Gasteiger partial charge in [0, 0.05) is 47.1 Å². The van der Waals surface area contributed by atoms with Crippen molar-refractivity contribution in [2.75, 3.05) is 17.6 Å². The lowest BCUT2D eigenvalue weighted by atomic mass is 10.0. The van der Waals surface area contributed by atoms with Crippen LogP contribution in [0.3, 0.4) is 0 Å². The molecule has 5 aromatic rings. The number of nitrogens with zero attached hydrogens (tertiary/aromatic N) is 4. The van der Waals surface area contributed by atoms with E-state index in [2.05, 4.69) is 33.3 Å². The summed E-state index contributed by atoms with van der Waals surface area (Å²) in [4.78, 5) is 21.7. The molecule has 0 amide bonds. The predicted molar refractivity (Wildman–Crippen MR) is 133 cm³/mol. The molecule has 0 spiro atoms. The lowest BCUT2D eigenvalue weighted by Gasteiger charge is -2.16. The van der Waals surface area contributed by atoms with Crippen molar-refractivity contribution in [3.8, 4) is 22.5 Å². The van der Waals surface area contributed by atoms with Gasteiger partial charge in [0.15, 0.2) is 11.6 Å². The van der Waals surface area contributed by atoms with E-state index in [4.69, 9.17) is 15.7 Å². The standard InChI is InChI=1S/C26H25N7/c1-16(22-15-29-17(2)31-22)14-30-26-25(27)32-23(18-7-4-3-5-8-18)24(33-26)20-10-11-21-19(13-20)9-6-12-28-21/h3-13,15-16H,14H2,1-2H3,(H2,27,32)(H,29,31)(H,30,33). The van der Waals surface area contributed by atoms with Gasteiger partial charge in [0.25, 0.3) is 0 Å². The summed E-state index contributed by atoms with van der Waals surface area (Å²) in [6, 6.07) is 20.1. The third-order valence-electron chi connectivity index (χ3n) is 5.68. The van der Waals surface area contributed by atoms with Gasteiger partial charge in [-0.1, -0.05) is 49.4 Å². The van der Waals surface area contributed by atoms with Crippen LogP contribution in [-0.4, -0.2) is 31.5 Å².